The fourth-order valence-electron chi connectivity index (χ4n) is 3.33. The monoisotopic (exact) mass is 381 g/mol. The molecular formula is C23H28FN3O. The second-order valence-corrected chi connectivity index (χ2v) is 7.08. The van der Waals surface area contributed by atoms with Gasteiger partial charge in [-0.05, 0) is 23.6 Å². The van der Waals surface area contributed by atoms with Crippen molar-refractivity contribution in [3.8, 4) is 0 Å². The summed E-state index contributed by atoms with van der Waals surface area (Å²) in [6.45, 7) is 5.50. The molecule has 0 radical (unpaired) electrons. The van der Waals surface area contributed by atoms with Gasteiger partial charge >= 0.3 is 0 Å². The molecule has 5 heteroatoms. The molecule has 0 aromatic heterocycles. The van der Waals surface area contributed by atoms with E-state index in [9.17, 15) is 9.18 Å². The zero-order valence-corrected chi connectivity index (χ0v) is 16.2. The Kier molecular flexibility index (Phi) is 7.76. The average Bonchev–Trinajstić information content (AvgIpc) is 2.72. The van der Waals surface area contributed by atoms with E-state index in [1.54, 1.807) is 12.1 Å². The second-order valence-electron chi connectivity index (χ2n) is 7.08. The molecule has 0 aliphatic carbocycles. The quantitative estimate of drug-likeness (QED) is 0.764. The molecule has 1 aliphatic rings. The molecule has 1 N–H and O–H groups in total. The van der Waals surface area contributed by atoms with E-state index in [4.69, 9.17) is 0 Å². The van der Waals surface area contributed by atoms with Gasteiger partial charge in [0.25, 0.3) is 0 Å². The third-order valence-corrected chi connectivity index (χ3v) is 4.98. The van der Waals surface area contributed by atoms with Crippen molar-refractivity contribution in [2.75, 3.05) is 45.8 Å². The molecule has 2 aromatic carbocycles. The summed E-state index contributed by atoms with van der Waals surface area (Å²) in [5.74, 6) is -0.206. The fourth-order valence-corrected chi connectivity index (χ4v) is 3.33. The van der Waals surface area contributed by atoms with Gasteiger partial charge in [0.1, 0.15) is 5.82 Å². The zero-order valence-electron chi connectivity index (χ0n) is 16.2. The molecule has 148 valence electrons. The van der Waals surface area contributed by atoms with Crippen LogP contribution < -0.4 is 5.32 Å². The number of carbonyl (C=O) groups excluding carboxylic acids is 1. The molecule has 0 bridgehead atoms. The van der Waals surface area contributed by atoms with Crippen LogP contribution in [0.1, 0.15) is 11.1 Å². The van der Waals surface area contributed by atoms with Gasteiger partial charge in [-0.15, -0.1) is 0 Å². The highest BCUT2D eigenvalue weighted by molar-refractivity contribution is 5.78. The summed E-state index contributed by atoms with van der Waals surface area (Å²) in [5.41, 5.74) is 1.85. The van der Waals surface area contributed by atoms with Crippen LogP contribution >= 0.6 is 0 Å². The van der Waals surface area contributed by atoms with Gasteiger partial charge in [0.05, 0.1) is 6.54 Å². The van der Waals surface area contributed by atoms with Crippen molar-refractivity contribution in [3.63, 3.8) is 0 Å². The number of amides is 1. The van der Waals surface area contributed by atoms with Crippen LogP contribution in [0.25, 0.3) is 6.08 Å². The standard InChI is InChI=1S/C23H28FN3O/c24-22-11-5-4-10-21(22)12-13-25-23(28)19-27-17-15-26(16-18-27)14-6-9-20-7-2-1-3-8-20/h1-11H,12-19H2,(H,25,28)/b9-6+. The smallest absolute Gasteiger partial charge is 0.234 e. The third kappa shape index (κ3) is 6.59. The maximum absolute atomic E-state index is 13.6. The van der Waals surface area contributed by atoms with Gasteiger partial charge in [-0.2, -0.15) is 0 Å². The Morgan fingerprint density at radius 2 is 1.64 bits per heavy atom. The Morgan fingerprint density at radius 3 is 2.39 bits per heavy atom. The minimum absolute atomic E-state index is 0.00811. The lowest BCUT2D eigenvalue weighted by atomic mass is 10.1. The summed E-state index contributed by atoms with van der Waals surface area (Å²) < 4.78 is 13.6. The molecule has 1 fully saturated rings. The Bertz CT molecular complexity index is 770. The lowest BCUT2D eigenvalue weighted by molar-refractivity contribution is -0.122. The minimum Gasteiger partial charge on any atom is -0.355 e. The summed E-state index contributed by atoms with van der Waals surface area (Å²) in [6, 6.07) is 17.0. The van der Waals surface area contributed by atoms with Crippen molar-refractivity contribution < 1.29 is 9.18 Å². The normalized spacial score (nSPS) is 15.8. The maximum atomic E-state index is 13.6. The van der Waals surface area contributed by atoms with Gasteiger partial charge in [0.15, 0.2) is 0 Å². The van der Waals surface area contributed by atoms with E-state index < -0.39 is 0 Å². The summed E-state index contributed by atoms with van der Waals surface area (Å²) in [6.07, 6.45) is 4.86. The number of piperazine rings is 1. The Hall–Kier alpha value is -2.50. The van der Waals surface area contributed by atoms with Crippen LogP contribution in [0.3, 0.4) is 0 Å². The molecule has 1 aliphatic heterocycles. The predicted octanol–water partition coefficient (Wildman–Crippen LogP) is 2.82. The lowest BCUT2D eigenvalue weighted by Crippen LogP contribution is -2.49. The summed E-state index contributed by atoms with van der Waals surface area (Å²) >= 11 is 0. The largest absolute Gasteiger partial charge is 0.355 e. The van der Waals surface area contributed by atoms with Crippen molar-refractivity contribution in [1.82, 2.24) is 15.1 Å². The van der Waals surface area contributed by atoms with Gasteiger partial charge < -0.3 is 5.32 Å². The first-order valence-corrected chi connectivity index (χ1v) is 9.87. The van der Waals surface area contributed by atoms with E-state index in [0.29, 0.717) is 25.1 Å². The highest BCUT2D eigenvalue weighted by Crippen LogP contribution is 2.07. The molecular weight excluding hydrogens is 353 g/mol. The summed E-state index contributed by atoms with van der Waals surface area (Å²) in [5, 5.41) is 2.90. The van der Waals surface area contributed by atoms with Crippen molar-refractivity contribution >= 4 is 12.0 Å². The van der Waals surface area contributed by atoms with E-state index in [2.05, 4.69) is 39.4 Å². The molecule has 1 saturated heterocycles. The predicted molar refractivity (Wildman–Crippen MR) is 111 cm³/mol. The number of benzene rings is 2. The first-order chi connectivity index (χ1) is 13.7. The van der Waals surface area contributed by atoms with Crippen molar-refractivity contribution in [2.45, 2.75) is 6.42 Å². The Balaban J connectivity index is 1.31. The van der Waals surface area contributed by atoms with Gasteiger partial charge in [-0.3, -0.25) is 14.6 Å². The van der Waals surface area contributed by atoms with Gasteiger partial charge in [-0.25, -0.2) is 4.39 Å². The van der Waals surface area contributed by atoms with Crippen LogP contribution in [0.5, 0.6) is 0 Å². The number of hydrogen-bond acceptors (Lipinski definition) is 3. The van der Waals surface area contributed by atoms with E-state index in [1.165, 1.54) is 11.6 Å². The molecule has 4 nitrogen and oxygen atoms in total. The van der Waals surface area contributed by atoms with Gasteiger partial charge in [-0.1, -0.05) is 60.7 Å². The number of rotatable bonds is 8. The van der Waals surface area contributed by atoms with Crippen molar-refractivity contribution in [1.29, 1.82) is 0 Å². The Morgan fingerprint density at radius 1 is 0.964 bits per heavy atom. The minimum atomic E-state index is -0.214. The Labute approximate surface area is 166 Å². The van der Waals surface area contributed by atoms with Crippen LogP contribution in [-0.4, -0.2) is 61.5 Å². The molecule has 3 rings (SSSR count). The highest BCUT2D eigenvalue weighted by Gasteiger charge is 2.18. The molecule has 0 saturated carbocycles. The molecule has 0 unspecified atom stereocenters. The van der Waals surface area contributed by atoms with Crippen LogP contribution in [0.4, 0.5) is 4.39 Å². The van der Waals surface area contributed by atoms with Crippen LogP contribution in [-0.2, 0) is 11.2 Å². The fraction of sp³-hybridized carbons (Fsp3) is 0.348. The summed E-state index contributed by atoms with van der Waals surface area (Å²) in [4.78, 5) is 16.7. The first-order valence-electron chi connectivity index (χ1n) is 9.87. The molecule has 1 amide bonds. The molecule has 0 spiro atoms. The SMILES string of the molecule is O=C(CN1CCN(C/C=C/c2ccccc2)CC1)NCCc1ccccc1F. The molecule has 28 heavy (non-hydrogen) atoms. The van der Waals surface area contributed by atoms with Crippen molar-refractivity contribution in [3.05, 3.63) is 77.6 Å². The van der Waals surface area contributed by atoms with Crippen LogP contribution in [0, 0.1) is 5.82 Å². The van der Waals surface area contributed by atoms with Gasteiger partial charge in [0.2, 0.25) is 5.91 Å². The summed E-state index contributed by atoms with van der Waals surface area (Å²) in [7, 11) is 0. The van der Waals surface area contributed by atoms with Gasteiger partial charge in [0, 0.05) is 39.3 Å². The second kappa shape index (κ2) is 10.7. The molecule has 1 heterocycles. The highest BCUT2D eigenvalue weighted by atomic mass is 19.1. The average molecular weight is 381 g/mol. The zero-order chi connectivity index (χ0) is 19.6. The lowest BCUT2D eigenvalue weighted by Gasteiger charge is -2.33. The van der Waals surface area contributed by atoms with Crippen LogP contribution in [0.15, 0.2) is 60.7 Å². The third-order valence-electron chi connectivity index (χ3n) is 4.98. The number of halogens is 1. The van der Waals surface area contributed by atoms with E-state index in [1.807, 2.05) is 24.3 Å². The van der Waals surface area contributed by atoms with Crippen LogP contribution in [0.2, 0.25) is 0 Å². The number of hydrogen-bond donors (Lipinski definition) is 1. The van der Waals surface area contributed by atoms with E-state index in [0.717, 1.165) is 32.7 Å². The van der Waals surface area contributed by atoms with E-state index in [-0.39, 0.29) is 11.7 Å². The number of carbonyl (C=O) groups is 1. The number of nitrogens with zero attached hydrogens (tertiary/aromatic N) is 2. The number of nitrogens with one attached hydrogen (secondary N) is 1. The van der Waals surface area contributed by atoms with E-state index >= 15 is 0 Å². The topological polar surface area (TPSA) is 35.6 Å². The first kappa shape index (κ1) is 20.2. The molecule has 0 atom stereocenters. The maximum Gasteiger partial charge on any atom is 0.234 e. The van der Waals surface area contributed by atoms with Crippen molar-refractivity contribution in [2.24, 2.45) is 0 Å². The molecule has 2 aromatic rings.